The molecule has 6 aromatic rings. The first-order valence-electron chi connectivity index (χ1n) is 13.3. The Morgan fingerprint density at radius 3 is 1.97 bits per heavy atom. The number of aromatic nitrogens is 1. The normalized spacial score (nSPS) is 13.1. The summed E-state index contributed by atoms with van der Waals surface area (Å²) in [6.07, 6.45) is -0.568. The molecule has 0 saturated carbocycles. The van der Waals surface area contributed by atoms with Crippen LogP contribution in [0.1, 0.15) is 18.5 Å². The summed E-state index contributed by atoms with van der Waals surface area (Å²) in [5, 5.41) is 18.5. The molecule has 0 bridgehead atoms. The molecule has 0 fully saturated rings. The molecule has 0 aliphatic heterocycles. The molecule has 0 aliphatic rings. The Hall–Kier alpha value is -4.18. The van der Waals surface area contributed by atoms with Gasteiger partial charge >= 0.3 is 0 Å². The van der Waals surface area contributed by atoms with Gasteiger partial charge in [0.25, 0.3) is 0 Å². The lowest BCUT2D eigenvalue weighted by atomic mass is 9.97. The molecule has 38 heavy (non-hydrogen) atoms. The maximum Gasteiger partial charge on any atom is 0.0843 e. The summed E-state index contributed by atoms with van der Waals surface area (Å²) in [6.45, 7) is 3.12. The van der Waals surface area contributed by atoms with Gasteiger partial charge < -0.3 is 15.0 Å². The zero-order valence-corrected chi connectivity index (χ0v) is 21.6. The molecule has 0 spiro atoms. The number of nitrogens with one attached hydrogen (secondary N) is 1. The number of hydrogen-bond acceptors (Lipinski definition) is 2. The average molecular weight is 497 g/mol. The zero-order chi connectivity index (χ0) is 25.9. The van der Waals surface area contributed by atoms with E-state index in [0.717, 1.165) is 16.8 Å². The van der Waals surface area contributed by atoms with Crippen LogP contribution in [-0.2, 0) is 6.54 Å². The van der Waals surface area contributed by atoms with Gasteiger partial charge in [-0.3, -0.25) is 0 Å². The largest absolute Gasteiger partial charge is 0.390 e. The second-order valence-corrected chi connectivity index (χ2v) is 9.94. The minimum atomic E-state index is -0.568. The van der Waals surface area contributed by atoms with Crippen molar-refractivity contribution < 1.29 is 5.11 Å². The second kappa shape index (κ2) is 10.7. The SMILES string of the molecule is CC(NCC(O)Cn1c(-c2ccccc2)c(-c2ccccc2)c2ccc3ccccc3c21)c1ccccc1. The highest BCUT2D eigenvalue weighted by molar-refractivity contribution is 6.15. The van der Waals surface area contributed by atoms with Gasteiger partial charge in [-0.2, -0.15) is 0 Å². The molecule has 0 radical (unpaired) electrons. The number of rotatable bonds is 8. The molecule has 188 valence electrons. The van der Waals surface area contributed by atoms with E-state index >= 15 is 0 Å². The highest BCUT2D eigenvalue weighted by Crippen LogP contribution is 2.43. The summed E-state index contributed by atoms with van der Waals surface area (Å²) in [4.78, 5) is 0. The molecule has 0 amide bonds. The topological polar surface area (TPSA) is 37.2 Å². The van der Waals surface area contributed by atoms with Gasteiger partial charge in [-0.15, -0.1) is 0 Å². The van der Waals surface area contributed by atoms with Crippen molar-refractivity contribution in [2.75, 3.05) is 6.54 Å². The van der Waals surface area contributed by atoms with E-state index in [0.29, 0.717) is 13.1 Å². The molecule has 5 aromatic carbocycles. The van der Waals surface area contributed by atoms with E-state index in [-0.39, 0.29) is 6.04 Å². The van der Waals surface area contributed by atoms with Crippen LogP contribution in [0.15, 0.2) is 127 Å². The lowest BCUT2D eigenvalue weighted by molar-refractivity contribution is 0.150. The summed E-state index contributed by atoms with van der Waals surface area (Å²) in [5.41, 5.74) is 7.04. The van der Waals surface area contributed by atoms with Gasteiger partial charge in [0.1, 0.15) is 0 Å². The van der Waals surface area contributed by atoms with Crippen molar-refractivity contribution in [3.05, 3.63) is 133 Å². The maximum atomic E-state index is 11.4. The molecule has 0 saturated heterocycles. The summed E-state index contributed by atoms with van der Waals surface area (Å²) >= 11 is 0. The van der Waals surface area contributed by atoms with E-state index in [9.17, 15) is 5.11 Å². The van der Waals surface area contributed by atoms with Crippen LogP contribution in [0.2, 0.25) is 0 Å². The molecular weight excluding hydrogens is 464 g/mol. The van der Waals surface area contributed by atoms with Crippen molar-refractivity contribution in [3.63, 3.8) is 0 Å². The van der Waals surface area contributed by atoms with E-state index < -0.39 is 6.10 Å². The Labute approximate surface area is 224 Å². The van der Waals surface area contributed by atoms with Crippen molar-refractivity contribution in [1.82, 2.24) is 9.88 Å². The number of fused-ring (bicyclic) bond motifs is 3. The Balaban J connectivity index is 1.50. The fourth-order valence-electron chi connectivity index (χ4n) is 5.55. The number of nitrogens with zero attached hydrogens (tertiary/aromatic N) is 1. The average Bonchev–Trinajstić information content (AvgIpc) is 3.31. The van der Waals surface area contributed by atoms with Gasteiger partial charge in [-0.05, 0) is 29.0 Å². The third-order valence-electron chi connectivity index (χ3n) is 7.41. The molecular formula is C35H32N2O. The predicted octanol–water partition coefficient (Wildman–Crippen LogP) is 7.84. The summed E-state index contributed by atoms with van der Waals surface area (Å²) < 4.78 is 2.34. The fourth-order valence-corrected chi connectivity index (χ4v) is 5.55. The van der Waals surface area contributed by atoms with E-state index in [1.54, 1.807) is 0 Å². The highest BCUT2D eigenvalue weighted by atomic mass is 16.3. The van der Waals surface area contributed by atoms with E-state index in [2.05, 4.69) is 138 Å². The van der Waals surface area contributed by atoms with Crippen LogP contribution in [0.3, 0.4) is 0 Å². The lowest BCUT2D eigenvalue weighted by Gasteiger charge is -2.20. The molecule has 2 unspecified atom stereocenters. The number of benzene rings is 5. The molecule has 3 heteroatoms. The third-order valence-corrected chi connectivity index (χ3v) is 7.41. The van der Waals surface area contributed by atoms with Crippen LogP contribution in [0.25, 0.3) is 44.1 Å². The van der Waals surface area contributed by atoms with Crippen molar-refractivity contribution in [2.45, 2.75) is 25.6 Å². The smallest absolute Gasteiger partial charge is 0.0843 e. The predicted molar refractivity (Wildman–Crippen MR) is 159 cm³/mol. The zero-order valence-electron chi connectivity index (χ0n) is 21.6. The second-order valence-electron chi connectivity index (χ2n) is 9.94. The summed E-state index contributed by atoms with van der Waals surface area (Å²) in [5.74, 6) is 0. The standard InChI is InChI=1S/C35H32N2O/c1-25(26-13-5-2-6-14-26)36-23-30(38)24-37-34(29-18-9-4-10-19-29)33(28-16-7-3-8-17-28)32-22-21-27-15-11-12-20-31(27)35(32)37/h2-22,25,30,36,38H,23-24H2,1H3. The minimum Gasteiger partial charge on any atom is -0.390 e. The lowest BCUT2D eigenvalue weighted by Crippen LogP contribution is -2.32. The van der Waals surface area contributed by atoms with Crippen molar-refractivity contribution in [1.29, 1.82) is 0 Å². The van der Waals surface area contributed by atoms with Gasteiger partial charge in [0.2, 0.25) is 0 Å². The van der Waals surface area contributed by atoms with Gasteiger partial charge in [-0.25, -0.2) is 0 Å². The van der Waals surface area contributed by atoms with E-state index in [4.69, 9.17) is 0 Å². The Kier molecular flexibility index (Phi) is 6.78. The van der Waals surface area contributed by atoms with Gasteiger partial charge in [0.15, 0.2) is 0 Å². The third kappa shape index (κ3) is 4.63. The van der Waals surface area contributed by atoms with Crippen LogP contribution in [0.4, 0.5) is 0 Å². The molecule has 3 nitrogen and oxygen atoms in total. The molecule has 6 rings (SSSR count). The Bertz CT molecular complexity index is 1660. The van der Waals surface area contributed by atoms with Crippen LogP contribution >= 0.6 is 0 Å². The van der Waals surface area contributed by atoms with Gasteiger partial charge in [0, 0.05) is 28.9 Å². The first-order valence-corrected chi connectivity index (χ1v) is 13.3. The molecule has 2 N–H and O–H groups in total. The summed E-state index contributed by atoms with van der Waals surface area (Å²) in [6, 6.07) is 44.7. The quantitative estimate of drug-likeness (QED) is 0.225. The molecule has 0 aliphatic carbocycles. The first-order chi connectivity index (χ1) is 18.7. The van der Waals surface area contributed by atoms with Gasteiger partial charge in [-0.1, -0.05) is 127 Å². The minimum absolute atomic E-state index is 0.154. The highest BCUT2D eigenvalue weighted by Gasteiger charge is 2.23. The number of aliphatic hydroxyl groups is 1. The maximum absolute atomic E-state index is 11.4. The van der Waals surface area contributed by atoms with Crippen molar-refractivity contribution in [3.8, 4) is 22.4 Å². The number of aliphatic hydroxyl groups excluding tert-OH is 1. The van der Waals surface area contributed by atoms with Crippen molar-refractivity contribution in [2.24, 2.45) is 0 Å². The van der Waals surface area contributed by atoms with E-state index in [1.165, 1.54) is 32.8 Å². The van der Waals surface area contributed by atoms with Crippen LogP contribution in [0.5, 0.6) is 0 Å². The van der Waals surface area contributed by atoms with Crippen molar-refractivity contribution >= 4 is 21.7 Å². The number of hydrogen-bond donors (Lipinski definition) is 2. The first kappa shape index (κ1) is 24.2. The van der Waals surface area contributed by atoms with Crippen LogP contribution in [0, 0.1) is 0 Å². The monoisotopic (exact) mass is 496 g/mol. The fraction of sp³-hybridized carbons (Fsp3) is 0.143. The van der Waals surface area contributed by atoms with Crippen LogP contribution < -0.4 is 5.32 Å². The van der Waals surface area contributed by atoms with Crippen LogP contribution in [-0.4, -0.2) is 22.3 Å². The van der Waals surface area contributed by atoms with E-state index in [1.807, 2.05) is 6.07 Å². The van der Waals surface area contributed by atoms with Gasteiger partial charge in [0.05, 0.1) is 23.9 Å². The molecule has 1 heterocycles. The molecule has 2 atom stereocenters. The summed E-state index contributed by atoms with van der Waals surface area (Å²) in [7, 11) is 0. The Morgan fingerprint density at radius 2 is 1.26 bits per heavy atom. The Morgan fingerprint density at radius 1 is 0.658 bits per heavy atom. The molecule has 1 aromatic heterocycles.